The molecule has 0 aromatic heterocycles. The molecule has 6 heteroatoms. The van der Waals surface area contributed by atoms with Gasteiger partial charge in [-0.3, -0.25) is 0 Å². The highest BCUT2D eigenvalue weighted by molar-refractivity contribution is 5.83. The first-order valence-electron chi connectivity index (χ1n) is 7.10. The lowest BCUT2D eigenvalue weighted by Crippen LogP contribution is -2.41. The van der Waals surface area contributed by atoms with Gasteiger partial charge in [-0.05, 0) is 24.8 Å². The second-order valence-corrected chi connectivity index (χ2v) is 5.01. The van der Waals surface area contributed by atoms with Crippen LogP contribution in [0.1, 0.15) is 30.9 Å². The number of hydrogen-bond donors (Lipinski definition) is 3. The quantitative estimate of drug-likeness (QED) is 0.744. The smallest absolute Gasteiger partial charge is 0.330 e. The maximum Gasteiger partial charge on any atom is 0.330 e. The number of rotatable bonds is 6. The Bertz CT molecular complexity index is 472. The minimum absolute atomic E-state index is 0.203. The van der Waals surface area contributed by atoms with Crippen molar-refractivity contribution in [2.24, 2.45) is 0 Å². The molecule has 21 heavy (non-hydrogen) atoms. The number of carbonyl (C=O) groups is 2. The molecule has 1 heterocycles. The van der Waals surface area contributed by atoms with Gasteiger partial charge in [-0.15, -0.1) is 0 Å². The van der Waals surface area contributed by atoms with E-state index in [0.717, 1.165) is 25.9 Å². The molecule has 0 spiro atoms. The van der Waals surface area contributed by atoms with Gasteiger partial charge < -0.3 is 20.5 Å². The fourth-order valence-corrected chi connectivity index (χ4v) is 2.33. The van der Waals surface area contributed by atoms with Crippen LogP contribution < -0.4 is 10.6 Å². The number of carboxylic acids is 1. The van der Waals surface area contributed by atoms with Crippen molar-refractivity contribution in [3.63, 3.8) is 0 Å². The molecule has 2 atom stereocenters. The lowest BCUT2D eigenvalue weighted by molar-refractivity contribution is -0.139. The molecule has 2 amide bonds. The van der Waals surface area contributed by atoms with Crippen molar-refractivity contribution >= 4 is 12.0 Å². The van der Waals surface area contributed by atoms with Crippen LogP contribution in [0.2, 0.25) is 0 Å². The Morgan fingerprint density at radius 2 is 2.10 bits per heavy atom. The van der Waals surface area contributed by atoms with Gasteiger partial charge in [0.25, 0.3) is 0 Å². The average Bonchev–Trinajstić information content (AvgIpc) is 2.98. The minimum atomic E-state index is -1.09. The average molecular weight is 292 g/mol. The van der Waals surface area contributed by atoms with Crippen molar-refractivity contribution in [1.29, 1.82) is 0 Å². The number of urea groups is 1. The molecule has 6 nitrogen and oxygen atoms in total. The van der Waals surface area contributed by atoms with E-state index in [9.17, 15) is 14.7 Å². The molecular formula is C15H20N2O4. The molecule has 3 N–H and O–H groups in total. The molecule has 0 aliphatic carbocycles. The summed E-state index contributed by atoms with van der Waals surface area (Å²) < 4.78 is 5.46. The molecule has 2 rings (SSSR count). The van der Waals surface area contributed by atoms with Gasteiger partial charge in [-0.25, -0.2) is 9.59 Å². The van der Waals surface area contributed by atoms with Crippen molar-refractivity contribution < 1.29 is 19.4 Å². The third-order valence-corrected chi connectivity index (χ3v) is 3.43. The van der Waals surface area contributed by atoms with Gasteiger partial charge in [0.15, 0.2) is 6.04 Å². The van der Waals surface area contributed by atoms with E-state index in [1.165, 1.54) is 0 Å². The zero-order chi connectivity index (χ0) is 15.1. The summed E-state index contributed by atoms with van der Waals surface area (Å²) in [6.07, 6.45) is 3.03. The maximum atomic E-state index is 11.8. The van der Waals surface area contributed by atoms with Crippen molar-refractivity contribution in [3.05, 3.63) is 35.9 Å². The van der Waals surface area contributed by atoms with Gasteiger partial charge in [0, 0.05) is 13.2 Å². The lowest BCUT2D eigenvalue weighted by atomic mass is 10.1. The summed E-state index contributed by atoms with van der Waals surface area (Å²) in [5.74, 6) is -1.09. The lowest BCUT2D eigenvalue weighted by Gasteiger charge is -2.16. The first-order valence-corrected chi connectivity index (χ1v) is 7.10. The normalized spacial score (nSPS) is 19.0. The van der Waals surface area contributed by atoms with E-state index in [-0.39, 0.29) is 6.10 Å². The summed E-state index contributed by atoms with van der Waals surface area (Å²) in [5.41, 5.74) is 0.541. The van der Waals surface area contributed by atoms with Crippen LogP contribution in [0, 0.1) is 0 Å². The van der Waals surface area contributed by atoms with Gasteiger partial charge in [0.2, 0.25) is 0 Å². The zero-order valence-corrected chi connectivity index (χ0v) is 11.7. The molecule has 0 radical (unpaired) electrons. The van der Waals surface area contributed by atoms with Crippen LogP contribution in [-0.4, -0.2) is 36.4 Å². The van der Waals surface area contributed by atoms with Crippen LogP contribution in [0.5, 0.6) is 0 Å². The first kappa shape index (κ1) is 15.3. The predicted molar refractivity (Wildman–Crippen MR) is 76.9 cm³/mol. The number of carboxylic acid groups (broad SMARTS) is 1. The number of nitrogens with one attached hydrogen (secondary N) is 2. The van der Waals surface area contributed by atoms with Crippen LogP contribution in [0.15, 0.2) is 30.3 Å². The Balaban J connectivity index is 1.80. The molecule has 1 aromatic carbocycles. The van der Waals surface area contributed by atoms with Gasteiger partial charge in [0.1, 0.15) is 0 Å². The summed E-state index contributed by atoms with van der Waals surface area (Å²) in [4.78, 5) is 23.0. The number of benzene rings is 1. The largest absolute Gasteiger partial charge is 0.479 e. The Kier molecular flexibility index (Phi) is 5.57. The Hall–Kier alpha value is -2.08. The Morgan fingerprint density at radius 1 is 1.33 bits per heavy atom. The van der Waals surface area contributed by atoms with Crippen molar-refractivity contribution in [2.45, 2.75) is 31.4 Å². The second kappa shape index (κ2) is 7.64. The summed E-state index contributed by atoms with van der Waals surface area (Å²) in [5, 5.41) is 14.4. The van der Waals surface area contributed by atoms with Gasteiger partial charge >= 0.3 is 12.0 Å². The highest BCUT2D eigenvalue weighted by Crippen LogP contribution is 2.14. The van der Waals surface area contributed by atoms with Crippen LogP contribution in [-0.2, 0) is 9.53 Å². The number of hydrogen-bond acceptors (Lipinski definition) is 3. The van der Waals surface area contributed by atoms with Crippen LogP contribution >= 0.6 is 0 Å². The van der Waals surface area contributed by atoms with Crippen LogP contribution in [0.3, 0.4) is 0 Å². The second-order valence-electron chi connectivity index (χ2n) is 5.01. The number of ether oxygens (including phenoxy) is 1. The Morgan fingerprint density at radius 3 is 2.71 bits per heavy atom. The third-order valence-electron chi connectivity index (χ3n) is 3.43. The predicted octanol–water partition coefficient (Wildman–Crippen LogP) is 1.68. The first-order chi connectivity index (χ1) is 10.2. The summed E-state index contributed by atoms with van der Waals surface area (Å²) in [7, 11) is 0. The van der Waals surface area contributed by atoms with Crippen LogP contribution in [0.4, 0.5) is 4.79 Å². The molecule has 114 valence electrons. The van der Waals surface area contributed by atoms with E-state index in [0.29, 0.717) is 12.1 Å². The summed E-state index contributed by atoms with van der Waals surface area (Å²) in [6.45, 7) is 1.25. The van der Waals surface area contributed by atoms with E-state index in [1.807, 2.05) is 0 Å². The topological polar surface area (TPSA) is 87.7 Å². The third kappa shape index (κ3) is 4.75. The van der Waals surface area contributed by atoms with Crippen molar-refractivity contribution in [2.75, 3.05) is 13.2 Å². The maximum absolute atomic E-state index is 11.8. The highest BCUT2D eigenvalue weighted by Gasteiger charge is 2.22. The van der Waals surface area contributed by atoms with Crippen LogP contribution in [0.25, 0.3) is 0 Å². The number of carbonyl (C=O) groups excluding carboxylic acids is 1. The van der Waals surface area contributed by atoms with E-state index >= 15 is 0 Å². The SMILES string of the molecule is O=C(NCCC1CCCO1)N[C@H](C(=O)O)c1ccccc1. The van der Waals surface area contributed by atoms with E-state index in [1.54, 1.807) is 30.3 Å². The van der Waals surface area contributed by atoms with E-state index in [2.05, 4.69) is 10.6 Å². The molecule has 1 aromatic rings. The number of aliphatic carboxylic acids is 1. The standard InChI is InChI=1S/C15H20N2O4/c18-14(19)13(11-5-2-1-3-6-11)17-15(20)16-9-8-12-7-4-10-21-12/h1-3,5-6,12-13H,4,7-10H2,(H,18,19)(H2,16,17,20)/t12?,13-/m0/s1. The summed E-state index contributed by atoms with van der Waals surface area (Å²) in [6, 6.07) is 7.09. The van der Waals surface area contributed by atoms with E-state index < -0.39 is 18.0 Å². The summed E-state index contributed by atoms with van der Waals surface area (Å²) >= 11 is 0. The molecule has 1 fully saturated rings. The minimum Gasteiger partial charge on any atom is -0.479 e. The fraction of sp³-hybridized carbons (Fsp3) is 0.467. The molecule has 0 saturated carbocycles. The monoisotopic (exact) mass is 292 g/mol. The van der Waals surface area contributed by atoms with Crippen molar-refractivity contribution in [3.8, 4) is 0 Å². The zero-order valence-electron chi connectivity index (χ0n) is 11.7. The number of amides is 2. The highest BCUT2D eigenvalue weighted by atomic mass is 16.5. The van der Waals surface area contributed by atoms with E-state index in [4.69, 9.17) is 4.74 Å². The Labute approximate surface area is 123 Å². The molecule has 1 saturated heterocycles. The molecular weight excluding hydrogens is 272 g/mol. The fourth-order valence-electron chi connectivity index (χ4n) is 2.33. The molecule has 0 bridgehead atoms. The van der Waals surface area contributed by atoms with Gasteiger partial charge in [0.05, 0.1) is 6.10 Å². The van der Waals surface area contributed by atoms with Crippen molar-refractivity contribution in [1.82, 2.24) is 10.6 Å². The molecule has 1 aliphatic rings. The molecule has 1 aliphatic heterocycles. The molecule has 1 unspecified atom stereocenters. The van der Waals surface area contributed by atoms with Gasteiger partial charge in [-0.1, -0.05) is 30.3 Å². The van der Waals surface area contributed by atoms with Gasteiger partial charge in [-0.2, -0.15) is 0 Å².